The highest BCUT2D eigenvalue weighted by Crippen LogP contribution is 2.44. The van der Waals surface area contributed by atoms with Crippen molar-refractivity contribution in [2.24, 2.45) is 0 Å². The zero-order valence-corrected chi connectivity index (χ0v) is 21.2. The van der Waals surface area contributed by atoms with Crippen molar-refractivity contribution >= 4 is 33.4 Å². The first kappa shape index (κ1) is 25.9. The number of hydrogen-bond acceptors (Lipinski definition) is 8. The maximum Gasteiger partial charge on any atom is 0.338 e. The largest absolute Gasteiger partial charge is 0.462 e. The molecule has 0 fully saturated rings. The van der Waals surface area contributed by atoms with Crippen molar-refractivity contribution in [2.75, 3.05) is 32.2 Å². The predicted molar refractivity (Wildman–Crippen MR) is 134 cm³/mol. The molecule has 36 heavy (non-hydrogen) atoms. The summed E-state index contributed by atoms with van der Waals surface area (Å²) in [6.07, 6.45) is 0.279. The van der Waals surface area contributed by atoms with Gasteiger partial charge in [-0.1, -0.05) is 48.0 Å². The Morgan fingerprint density at radius 2 is 1.69 bits per heavy atom. The Morgan fingerprint density at radius 3 is 2.42 bits per heavy atom. The molecule has 0 radical (unpaired) electrons. The van der Waals surface area contributed by atoms with Gasteiger partial charge in [0.25, 0.3) is 0 Å². The Labute approximate surface area is 214 Å². The normalized spacial score (nSPS) is 19.1. The Balaban J connectivity index is 1.52. The Morgan fingerprint density at radius 1 is 1.03 bits per heavy atom. The second-order valence-corrected chi connectivity index (χ2v) is 10.8. The quantitative estimate of drug-likeness (QED) is 0.425. The Bertz CT molecular complexity index is 1320. The third-order valence-corrected chi connectivity index (χ3v) is 8.07. The molecular formula is C26H26ClNO7S. The van der Waals surface area contributed by atoms with E-state index in [0.717, 1.165) is 0 Å². The molecule has 2 aliphatic rings. The number of ether oxygens (including phenoxy) is 3. The summed E-state index contributed by atoms with van der Waals surface area (Å²) < 4.78 is 42.7. The SMILES string of the molecule is CC1=C(C(=O)OCCCOC(=O)c2ccccc2)C(c2ccccc2Cl)C2=C(COCCS2(=O)=O)N1. The van der Waals surface area contributed by atoms with E-state index in [9.17, 15) is 18.0 Å². The van der Waals surface area contributed by atoms with Crippen molar-refractivity contribution in [1.82, 2.24) is 5.32 Å². The summed E-state index contributed by atoms with van der Waals surface area (Å²) in [7, 11) is -3.75. The number of esters is 2. The molecule has 10 heteroatoms. The van der Waals surface area contributed by atoms with E-state index in [1.807, 2.05) is 0 Å². The Kier molecular flexibility index (Phi) is 8.13. The number of nitrogens with one attached hydrogen (secondary N) is 1. The summed E-state index contributed by atoms with van der Waals surface area (Å²) in [6, 6.07) is 15.4. The van der Waals surface area contributed by atoms with Crippen LogP contribution in [0.15, 0.2) is 76.5 Å². The third-order valence-electron chi connectivity index (χ3n) is 5.87. The fraction of sp³-hybridized carbons (Fsp3) is 0.308. The van der Waals surface area contributed by atoms with E-state index in [1.165, 1.54) is 0 Å². The van der Waals surface area contributed by atoms with Crippen molar-refractivity contribution in [3.05, 3.63) is 92.6 Å². The van der Waals surface area contributed by atoms with Crippen LogP contribution < -0.4 is 5.32 Å². The second kappa shape index (κ2) is 11.3. The fourth-order valence-electron chi connectivity index (χ4n) is 4.21. The molecule has 0 spiro atoms. The lowest BCUT2D eigenvalue weighted by molar-refractivity contribution is -0.139. The molecule has 0 aromatic heterocycles. The van der Waals surface area contributed by atoms with Crippen molar-refractivity contribution in [3.8, 4) is 0 Å². The summed E-state index contributed by atoms with van der Waals surface area (Å²) in [6.45, 7) is 1.85. The highest BCUT2D eigenvalue weighted by atomic mass is 35.5. The van der Waals surface area contributed by atoms with E-state index in [4.69, 9.17) is 25.8 Å². The number of dihydropyridines is 1. The lowest BCUT2D eigenvalue weighted by atomic mass is 9.86. The van der Waals surface area contributed by atoms with Crippen LogP contribution in [0.2, 0.25) is 5.02 Å². The van der Waals surface area contributed by atoms with Crippen LogP contribution in [0.25, 0.3) is 0 Å². The monoisotopic (exact) mass is 531 g/mol. The molecule has 0 saturated heterocycles. The van der Waals surface area contributed by atoms with Gasteiger partial charge in [-0.2, -0.15) is 0 Å². The molecule has 0 saturated carbocycles. The summed E-state index contributed by atoms with van der Waals surface area (Å²) in [5.41, 5.74) is 1.93. The maximum absolute atomic E-state index is 13.3. The van der Waals surface area contributed by atoms with Gasteiger partial charge >= 0.3 is 11.9 Å². The van der Waals surface area contributed by atoms with E-state index in [1.54, 1.807) is 61.5 Å². The minimum atomic E-state index is -3.75. The lowest BCUT2D eigenvalue weighted by Crippen LogP contribution is -2.33. The van der Waals surface area contributed by atoms with Gasteiger partial charge in [0.15, 0.2) is 9.84 Å². The molecule has 0 aliphatic carbocycles. The number of carbonyl (C=O) groups excluding carboxylic acids is 2. The zero-order chi connectivity index (χ0) is 25.7. The van der Waals surface area contributed by atoms with Gasteiger partial charge in [0.2, 0.25) is 0 Å². The van der Waals surface area contributed by atoms with Crippen LogP contribution in [0.4, 0.5) is 0 Å². The van der Waals surface area contributed by atoms with Crippen LogP contribution in [0.1, 0.15) is 35.2 Å². The fourth-order valence-corrected chi connectivity index (χ4v) is 6.10. The molecular weight excluding hydrogens is 506 g/mol. The third kappa shape index (κ3) is 5.64. The second-order valence-electron chi connectivity index (χ2n) is 8.32. The average Bonchev–Trinajstić information content (AvgIpc) is 3.01. The van der Waals surface area contributed by atoms with E-state index in [2.05, 4.69) is 5.32 Å². The van der Waals surface area contributed by atoms with Gasteiger partial charge in [0.05, 0.1) is 59.8 Å². The number of benzene rings is 2. The maximum atomic E-state index is 13.3. The van der Waals surface area contributed by atoms with E-state index < -0.39 is 27.7 Å². The molecule has 190 valence electrons. The molecule has 2 aromatic carbocycles. The smallest absolute Gasteiger partial charge is 0.338 e. The molecule has 0 bridgehead atoms. The van der Waals surface area contributed by atoms with Crippen LogP contribution in [0, 0.1) is 0 Å². The van der Waals surface area contributed by atoms with Crippen LogP contribution in [-0.2, 0) is 28.8 Å². The molecule has 2 heterocycles. The van der Waals surface area contributed by atoms with E-state index >= 15 is 0 Å². The molecule has 8 nitrogen and oxygen atoms in total. The summed E-state index contributed by atoms with van der Waals surface area (Å²) >= 11 is 6.47. The molecule has 1 N–H and O–H groups in total. The first-order chi connectivity index (χ1) is 17.3. The van der Waals surface area contributed by atoms with Crippen molar-refractivity contribution in [2.45, 2.75) is 19.3 Å². The first-order valence-electron chi connectivity index (χ1n) is 11.4. The van der Waals surface area contributed by atoms with Crippen molar-refractivity contribution in [3.63, 3.8) is 0 Å². The number of rotatable bonds is 7. The van der Waals surface area contributed by atoms with E-state index in [0.29, 0.717) is 27.5 Å². The lowest BCUT2D eigenvalue weighted by Gasteiger charge is -2.31. The van der Waals surface area contributed by atoms with Gasteiger partial charge in [-0.25, -0.2) is 18.0 Å². The molecule has 1 unspecified atom stereocenters. The molecule has 1 atom stereocenters. The molecule has 2 aromatic rings. The van der Waals surface area contributed by atoms with Crippen LogP contribution in [-0.4, -0.2) is 52.5 Å². The number of sulfone groups is 1. The molecule has 2 aliphatic heterocycles. The van der Waals surface area contributed by atoms with Crippen LogP contribution in [0.5, 0.6) is 0 Å². The minimum absolute atomic E-state index is 0.0192. The summed E-state index contributed by atoms with van der Waals surface area (Å²) in [4.78, 5) is 25.4. The topological polar surface area (TPSA) is 108 Å². The first-order valence-corrected chi connectivity index (χ1v) is 13.5. The predicted octanol–water partition coefficient (Wildman–Crippen LogP) is 3.75. The van der Waals surface area contributed by atoms with Gasteiger partial charge in [-0.05, 0) is 30.7 Å². The van der Waals surface area contributed by atoms with E-state index in [-0.39, 0.29) is 49.1 Å². The number of halogens is 1. The number of carbonyl (C=O) groups is 2. The molecule has 0 amide bonds. The minimum Gasteiger partial charge on any atom is -0.462 e. The van der Waals surface area contributed by atoms with Gasteiger partial charge in [-0.3, -0.25) is 0 Å². The highest BCUT2D eigenvalue weighted by Gasteiger charge is 2.42. The van der Waals surface area contributed by atoms with Gasteiger partial charge in [0.1, 0.15) is 0 Å². The van der Waals surface area contributed by atoms with Crippen LogP contribution >= 0.6 is 11.6 Å². The van der Waals surface area contributed by atoms with Gasteiger partial charge in [-0.15, -0.1) is 0 Å². The molecule has 4 rings (SSSR count). The average molecular weight is 532 g/mol. The number of hydrogen-bond donors (Lipinski definition) is 1. The van der Waals surface area contributed by atoms with Gasteiger partial charge < -0.3 is 19.5 Å². The Hall–Kier alpha value is -3.14. The number of allylic oxidation sites excluding steroid dienone is 2. The highest BCUT2D eigenvalue weighted by molar-refractivity contribution is 7.95. The van der Waals surface area contributed by atoms with Crippen molar-refractivity contribution < 1.29 is 32.2 Å². The standard InChI is InChI=1S/C26H26ClNO7S/c1-17-22(26(30)35-13-7-12-34-25(29)18-8-3-2-4-9-18)23(19-10-5-6-11-20(19)27)24-21(28-17)16-33-14-15-36(24,31)32/h2-6,8-11,23,28H,7,12-16H2,1H3. The summed E-state index contributed by atoms with van der Waals surface area (Å²) in [5.74, 6) is -2.28. The zero-order valence-electron chi connectivity index (χ0n) is 19.7. The van der Waals surface area contributed by atoms with Crippen molar-refractivity contribution in [1.29, 1.82) is 0 Å². The van der Waals surface area contributed by atoms with Crippen LogP contribution in [0.3, 0.4) is 0 Å². The summed E-state index contributed by atoms with van der Waals surface area (Å²) in [5, 5.41) is 3.38. The van der Waals surface area contributed by atoms with Gasteiger partial charge in [0, 0.05) is 17.1 Å².